The predicted octanol–water partition coefficient (Wildman–Crippen LogP) is 2.57. The molecule has 1 atom stereocenters. The Bertz CT molecular complexity index is 319. The van der Waals surface area contributed by atoms with Crippen molar-refractivity contribution in [2.24, 2.45) is 5.92 Å². The highest BCUT2D eigenvalue weighted by Gasteiger charge is 2.29. The molecule has 1 aliphatic rings. The molecule has 15 heavy (non-hydrogen) atoms. The normalized spacial score (nSPS) is 19.5. The van der Waals surface area contributed by atoms with Gasteiger partial charge in [0.15, 0.2) is 0 Å². The summed E-state index contributed by atoms with van der Waals surface area (Å²) in [4.78, 5) is 10.9. The fourth-order valence-electron chi connectivity index (χ4n) is 1.83. The number of ether oxygens (including phenoxy) is 1. The second-order valence-electron chi connectivity index (χ2n) is 4.06. The second-order valence-corrected chi connectivity index (χ2v) is 4.06. The molecule has 1 aliphatic heterocycles. The minimum Gasteiger partial charge on any atom is -0.464 e. The Hall–Kier alpha value is -1.31. The predicted molar refractivity (Wildman–Crippen MR) is 58.4 cm³/mol. The van der Waals surface area contributed by atoms with E-state index in [0.717, 1.165) is 25.7 Å². The average molecular weight is 204 g/mol. The molecule has 0 N–H and O–H groups in total. The molecule has 2 heteroatoms. The van der Waals surface area contributed by atoms with Gasteiger partial charge in [0, 0.05) is 0 Å². The molecule has 1 heterocycles. The van der Waals surface area contributed by atoms with E-state index < -0.39 is 0 Å². The van der Waals surface area contributed by atoms with E-state index >= 15 is 0 Å². The van der Waals surface area contributed by atoms with Gasteiger partial charge in [-0.3, -0.25) is 4.79 Å². The van der Waals surface area contributed by atoms with E-state index in [1.807, 2.05) is 6.07 Å². The van der Waals surface area contributed by atoms with Crippen molar-refractivity contribution in [1.82, 2.24) is 0 Å². The Labute approximate surface area is 90.3 Å². The number of hydrogen-bond acceptors (Lipinski definition) is 2. The zero-order valence-corrected chi connectivity index (χ0v) is 8.82. The average Bonchev–Trinajstić information content (AvgIpc) is 2.28. The lowest BCUT2D eigenvalue weighted by Crippen LogP contribution is -2.34. The van der Waals surface area contributed by atoms with Gasteiger partial charge in [0.05, 0.1) is 5.92 Å². The van der Waals surface area contributed by atoms with Gasteiger partial charge >= 0.3 is 5.97 Å². The van der Waals surface area contributed by atoms with Crippen LogP contribution in [0.25, 0.3) is 0 Å². The number of cyclic esters (lactones) is 1. The molecule has 80 valence electrons. The molecule has 0 bridgehead atoms. The summed E-state index contributed by atoms with van der Waals surface area (Å²) in [5, 5.41) is 0. The van der Waals surface area contributed by atoms with Gasteiger partial charge in [-0.1, -0.05) is 36.8 Å². The van der Waals surface area contributed by atoms with Gasteiger partial charge in [-0.05, 0) is 24.8 Å². The molecule has 0 amide bonds. The van der Waals surface area contributed by atoms with Crippen molar-refractivity contribution in [3.05, 3.63) is 35.9 Å². The van der Waals surface area contributed by atoms with Crippen molar-refractivity contribution in [3.63, 3.8) is 0 Å². The summed E-state index contributed by atoms with van der Waals surface area (Å²) in [6, 6.07) is 10.5. The van der Waals surface area contributed by atoms with Crippen LogP contribution in [0.5, 0.6) is 0 Å². The van der Waals surface area contributed by atoms with Crippen LogP contribution in [-0.2, 0) is 16.0 Å². The molecule has 2 nitrogen and oxygen atoms in total. The Morgan fingerprint density at radius 1 is 1.20 bits per heavy atom. The molecule has 0 aliphatic carbocycles. The van der Waals surface area contributed by atoms with Crippen LogP contribution < -0.4 is 0 Å². The first kappa shape index (κ1) is 10.2. The fraction of sp³-hybridized carbons (Fsp3) is 0.462. The molecule has 1 fully saturated rings. The third-order valence-corrected chi connectivity index (χ3v) is 2.87. The highest BCUT2D eigenvalue weighted by Crippen LogP contribution is 2.19. The minimum atomic E-state index is -0.00490. The van der Waals surface area contributed by atoms with Crippen LogP contribution in [0.2, 0.25) is 0 Å². The molecule has 0 unspecified atom stereocenters. The van der Waals surface area contributed by atoms with Crippen molar-refractivity contribution in [3.8, 4) is 0 Å². The van der Waals surface area contributed by atoms with Crippen LogP contribution in [0.15, 0.2) is 30.3 Å². The summed E-state index contributed by atoms with van der Waals surface area (Å²) in [6.07, 6.45) is 4.39. The minimum absolute atomic E-state index is 0.00490. The first-order chi connectivity index (χ1) is 7.36. The Balaban J connectivity index is 1.61. The smallest absolute Gasteiger partial charge is 0.312 e. The van der Waals surface area contributed by atoms with Crippen molar-refractivity contribution in [1.29, 1.82) is 0 Å². The first-order valence-corrected chi connectivity index (χ1v) is 5.57. The lowest BCUT2D eigenvalue weighted by atomic mass is 9.98. The monoisotopic (exact) mass is 204 g/mol. The number of unbranched alkanes of at least 4 members (excludes halogenated alkanes) is 1. The second kappa shape index (κ2) is 4.96. The maximum atomic E-state index is 10.9. The lowest BCUT2D eigenvalue weighted by molar-refractivity contribution is -0.169. The maximum absolute atomic E-state index is 10.9. The number of carbonyl (C=O) groups excluding carboxylic acids is 1. The number of aryl methyl sites for hydroxylation is 1. The highest BCUT2D eigenvalue weighted by molar-refractivity contribution is 5.77. The Morgan fingerprint density at radius 3 is 2.60 bits per heavy atom. The van der Waals surface area contributed by atoms with E-state index in [4.69, 9.17) is 4.74 Å². The van der Waals surface area contributed by atoms with E-state index in [2.05, 4.69) is 24.3 Å². The summed E-state index contributed by atoms with van der Waals surface area (Å²) < 4.78 is 4.72. The van der Waals surface area contributed by atoms with Crippen LogP contribution in [0.1, 0.15) is 24.8 Å². The molecule has 1 aromatic rings. The molecular weight excluding hydrogens is 188 g/mol. The van der Waals surface area contributed by atoms with Crippen molar-refractivity contribution >= 4 is 5.97 Å². The SMILES string of the molecule is O=C1OC[C@H]1CCCCc1ccccc1. The van der Waals surface area contributed by atoms with Crippen LogP contribution in [0, 0.1) is 5.92 Å². The van der Waals surface area contributed by atoms with E-state index in [9.17, 15) is 4.79 Å². The number of rotatable bonds is 5. The van der Waals surface area contributed by atoms with Crippen LogP contribution in [-0.4, -0.2) is 12.6 Å². The van der Waals surface area contributed by atoms with Gasteiger partial charge in [-0.25, -0.2) is 0 Å². The van der Waals surface area contributed by atoms with Gasteiger partial charge < -0.3 is 4.74 Å². The number of hydrogen-bond donors (Lipinski definition) is 0. The Kier molecular flexibility index (Phi) is 3.38. The standard InChI is InChI=1S/C13H16O2/c14-13-12(10-15-13)9-5-4-8-11-6-2-1-3-7-11/h1-3,6-7,12H,4-5,8-10H2/t12-/m1/s1. The van der Waals surface area contributed by atoms with Crippen LogP contribution >= 0.6 is 0 Å². The lowest BCUT2D eigenvalue weighted by Gasteiger charge is -2.24. The van der Waals surface area contributed by atoms with Crippen molar-refractivity contribution < 1.29 is 9.53 Å². The number of esters is 1. The molecule has 1 saturated heterocycles. The van der Waals surface area contributed by atoms with Gasteiger partial charge in [0.1, 0.15) is 6.61 Å². The molecule has 0 saturated carbocycles. The van der Waals surface area contributed by atoms with Crippen molar-refractivity contribution in [2.75, 3.05) is 6.61 Å². The van der Waals surface area contributed by atoms with Crippen LogP contribution in [0.4, 0.5) is 0 Å². The van der Waals surface area contributed by atoms with Gasteiger partial charge in [0.25, 0.3) is 0 Å². The largest absolute Gasteiger partial charge is 0.464 e. The summed E-state index contributed by atoms with van der Waals surface area (Å²) in [7, 11) is 0. The fourth-order valence-corrected chi connectivity index (χ4v) is 1.83. The highest BCUT2D eigenvalue weighted by atomic mass is 16.6. The Morgan fingerprint density at radius 2 is 2.00 bits per heavy atom. The summed E-state index contributed by atoms with van der Waals surface area (Å²) in [5.74, 6) is 0.190. The third kappa shape index (κ3) is 2.82. The third-order valence-electron chi connectivity index (χ3n) is 2.87. The van der Waals surface area contributed by atoms with Gasteiger partial charge in [0.2, 0.25) is 0 Å². The number of benzene rings is 1. The molecule has 1 aromatic carbocycles. The van der Waals surface area contributed by atoms with Crippen LogP contribution in [0.3, 0.4) is 0 Å². The van der Waals surface area contributed by atoms with Crippen molar-refractivity contribution in [2.45, 2.75) is 25.7 Å². The topological polar surface area (TPSA) is 26.3 Å². The molecular formula is C13H16O2. The van der Waals surface area contributed by atoms with E-state index in [-0.39, 0.29) is 11.9 Å². The summed E-state index contributed by atoms with van der Waals surface area (Å²) in [6.45, 7) is 0.643. The zero-order valence-electron chi connectivity index (χ0n) is 8.82. The quantitative estimate of drug-likeness (QED) is 0.544. The van der Waals surface area contributed by atoms with E-state index in [1.165, 1.54) is 5.56 Å². The zero-order chi connectivity index (χ0) is 10.5. The molecule has 2 rings (SSSR count). The first-order valence-electron chi connectivity index (χ1n) is 5.57. The maximum Gasteiger partial charge on any atom is 0.312 e. The number of carbonyl (C=O) groups is 1. The molecule has 0 spiro atoms. The van der Waals surface area contributed by atoms with Gasteiger partial charge in [-0.15, -0.1) is 0 Å². The van der Waals surface area contributed by atoms with E-state index in [1.54, 1.807) is 0 Å². The van der Waals surface area contributed by atoms with Gasteiger partial charge in [-0.2, -0.15) is 0 Å². The summed E-state index contributed by atoms with van der Waals surface area (Å²) in [5.41, 5.74) is 1.38. The molecule has 0 radical (unpaired) electrons. The summed E-state index contributed by atoms with van der Waals surface area (Å²) >= 11 is 0. The molecule has 0 aromatic heterocycles. The van der Waals surface area contributed by atoms with E-state index in [0.29, 0.717) is 6.61 Å².